The lowest BCUT2D eigenvalue weighted by Crippen LogP contribution is -2.32. The molecule has 0 spiro atoms. The minimum Gasteiger partial charge on any atom is -0.475 e. The molecule has 0 bridgehead atoms. The van der Waals surface area contributed by atoms with Crippen LogP contribution >= 0.6 is 23.2 Å². The predicted molar refractivity (Wildman–Crippen MR) is 113 cm³/mol. The standard InChI is InChI=1S/C22H21Cl2NO4/c1-3-11-25-18-10-9-14(23)12-16(18)21(15-7-5-6-8-17(15)24)29-19(22(25)27)13-20(26)28-4-2/h5-10,12-13,21H,3-4,11H2,1-2H3/b19-13-. The van der Waals surface area contributed by atoms with Gasteiger partial charge >= 0.3 is 5.97 Å². The summed E-state index contributed by atoms with van der Waals surface area (Å²) in [7, 11) is 0. The molecule has 1 aliphatic rings. The molecule has 152 valence electrons. The van der Waals surface area contributed by atoms with Crippen molar-refractivity contribution in [2.75, 3.05) is 18.1 Å². The van der Waals surface area contributed by atoms with Gasteiger partial charge in [0.2, 0.25) is 0 Å². The second-order valence-corrected chi connectivity index (χ2v) is 7.28. The van der Waals surface area contributed by atoms with Crippen molar-refractivity contribution >= 4 is 40.8 Å². The Morgan fingerprint density at radius 2 is 1.93 bits per heavy atom. The van der Waals surface area contributed by atoms with Crippen LogP contribution < -0.4 is 4.90 Å². The Morgan fingerprint density at radius 3 is 2.62 bits per heavy atom. The minimum atomic E-state index is -0.719. The SMILES string of the molecule is CCCN1C(=O)/C(=C/C(=O)OCC)OC(c2ccccc2Cl)c2cc(Cl)ccc21. The van der Waals surface area contributed by atoms with Crippen molar-refractivity contribution in [3.63, 3.8) is 0 Å². The zero-order chi connectivity index (χ0) is 21.0. The summed E-state index contributed by atoms with van der Waals surface area (Å²) in [6.45, 7) is 4.31. The summed E-state index contributed by atoms with van der Waals surface area (Å²) in [4.78, 5) is 26.9. The van der Waals surface area contributed by atoms with E-state index in [-0.39, 0.29) is 12.4 Å². The molecule has 1 unspecified atom stereocenters. The number of benzene rings is 2. The van der Waals surface area contributed by atoms with E-state index in [2.05, 4.69) is 0 Å². The van der Waals surface area contributed by atoms with Gasteiger partial charge in [0.05, 0.1) is 18.4 Å². The van der Waals surface area contributed by atoms with Gasteiger partial charge in [-0.3, -0.25) is 4.79 Å². The van der Waals surface area contributed by atoms with Crippen molar-refractivity contribution in [1.82, 2.24) is 0 Å². The Balaban J connectivity index is 2.22. The average Bonchev–Trinajstić information content (AvgIpc) is 2.79. The topological polar surface area (TPSA) is 55.8 Å². The maximum Gasteiger partial charge on any atom is 0.334 e. The van der Waals surface area contributed by atoms with Crippen molar-refractivity contribution in [2.24, 2.45) is 0 Å². The van der Waals surface area contributed by atoms with Crippen molar-refractivity contribution in [3.8, 4) is 0 Å². The van der Waals surface area contributed by atoms with Crippen LogP contribution in [0.2, 0.25) is 10.0 Å². The first-order valence-electron chi connectivity index (χ1n) is 9.37. The van der Waals surface area contributed by atoms with Crippen LogP contribution in [0.3, 0.4) is 0 Å². The van der Waals surface area contributed by atoms with Crippen molar-refractivity contribution in [2.45, 2.75) is 26.4 Å². The van der Waals surface area contributed by atoms with Gasteiger partial charge in [-0.25, -0.2) is 4.79 Å². The van der Waals surface area contributed by atoms with E-state index in [0.29, 0.717) is 33.4 Å². The van der Waals surface area contributed by atoms with Gasteiger partial charge in [0, 0.05) is 27.7 Å². The molecular weight excluding hydrogens is 413 g/mol. The van der Waals surface area contributed by atoms with Gasteiger partial charge in [-0.2, -0.15) is 0 Å². The maximum atomic E-state index is 13.2. The number of nitrogens with zero attached hydrogens (tertiary/aromatic N) is 1. The molecule has 1 amide bonds. The molecule has 5 nitrogen and oxygen atoms in total. The largest absolute Gasteiger partial charge is 0.475 e. The second-order valence-electron chi connectivity index (χ2n) is 6.44. The van der Waals surface area contributed by atoms with E-state index in [1.165, 1.54) is 0 Å². The predicted octanol–water partition coefficient (Wildman–Crippen LogP) is 5.30. The van der Waals surface area contributed by atoms with E-state index in [1.54, 1.807) is 36.1 Å². The van der Waals surface area contributed by atoms with Crippen LogP contribution in [0.15, 0.2) is 54.3 Å². The molecule has 0 fully saturated rings. The van der Waals surface area contributed by atoms with Gasteiger partial charge in [0.1, 0.15) is 0 Å². The van der Waals surface area contributed by atoms with Gasteiger partial charge in [0.15, 0.2) is 11.9 Å². The number of amides is 1. The van der Waals surface area contributed by atoms with Gasteiger partial charge in [-0.05, 0) is 37.6 Å². The van der Waals surface area contributed by atoms with E-state index in [9.17, 15) is 9.59 Å². The summed E-state index contributed by atoms with van der Waals surface area (Å²) >= 11 is 12.7. The molecule has 0 N–H and O–H groups in total. The summed E-state index contributed by atoms with van der Waals surface area (Å²) in [6.07, 6.45) is 1.09. The number of hydrogen-bond donors (Lipinski definition) is 0. The maximum absolute atomic E-state index is 13.2. The number of fused-ring (bicyclic) bond motifs is 1. The lowest BCUT2D eigenvalue weighted by molar-refractivity contribution is -0.138. The summed E-state index contributed by atoms with van der Waals surface area (Å²) in [5, 5.41) is 0.987. The Kier molecular flexibility index (Phi) is 6.83. The summed E-state index contributed by atoms with van der Waals surface area (Å²) < 4.78 is 11.1. The van der Waals surface area contributed by atoms with E-state index < -0.39 is 18.0 Å². The lowest BCUT2D eigenvalue weighted by atomic mass is 9.99. The van der Waals surface area contributed by atoms with E-state index in [1.807, 2.05) is 25.1 Å². The number of hydrogen-bond acceptors (Lipinski definition) is 4. The van der Waals surface area contributed by atoms with Crippen molar-refractivity contribution < 1.29 is 19.1 Å². The smallest absolute Gasteiger partial charge is 0.334 e. The van der Waals surface area contributed by atoms with Gasteiger partial charge < -0.3 is 14.4 Å². The quantitative estimate of drug-likeness (QED) is 0.473. The first kappa shape index (κ1) is 21.2. The molecule has 3 rings (SSSR count). The van der Waals surface area contributed by atoms with Crippen LogP contribution in [0, 0.1) is 0 Å². The number of ether oxygens (including phenoxy) is 2. The summed E-state index contributed by atoms with van der Waals surface area (Å²) in [6, 6.07) is 12.5. The highest BCUT2D eigenvalue weighted by Gasteiger charge is 2.34. The third kappa shape index (κ3) is 4.57. The van der Waals surface area contributed by atoms with Crippen LogP contribution in [-0.2, 0) is 19.1 Å². The summed E-state index contributed by atoms with van der Waals surface area (Å²) in [5.74, 6) is -1.17. The van der Waals surface area contributed by atoms with Crippen LogP contribution in [-0.4, -0.2) is 25.0 Å². The monoisotopic (exact) mass is 433 g/mol. The molecule has 1 atom stereocenters. The fraction of sp³-hybridized carbons (Fsp3) is 0.273. The van der Waals surface area contributed by atoms with Crippen LogP contribution in [0.4, 0.5) is 5.69 Å². The molecule has 7 heteroatoms. The molecule has 2 aromatic rings. The summed E-state index contributed by atoms with van der Waals surface area (Å²) in [5.41, 5.74) is 2.02. The third-order valence-electron chi connectivity index (χ3n) is 4.43. The molecule has 0 saturated carbocycles. The van der Waals surface area contributed by atoms with Gasteiger partial charge in [0.25, 0.3) is 5.91 Å². The lowest BCUT2D eigenvalue weighted by Gasteiger charge is -2.22. The molecular formula is C22H21Cl2NO4. The van der Waals surface area contributed by atoms with Gasteiger partial charge in [-0.1, -0.05) is 48.3 Å². The fourth-order valence-corrected chi connectivity index (χ4v) is 3.63. The number of halogens is 2. The highest BCUT2D eigenvalue weighted by molar-refractivity contribution is 6.31. The molecule has 2 aromatic carbocycles. The van der Waals surface area contributed by atoms with Crippen molar-refractivity contribution in [3.05, 3.63) is 75.5 Å². The van der Waals surface area contributed by atoms with E-state index in [4.69, 9.17) is 32.7 Å². The number of carbonyl (C=O) groups excluding carboxylic acids is 2. The Bertz CT molecular complexity index is 958. The van der Waals surface area contributed by atoms with E-state index >= 15 is 0 Å². The zero-order valence-corrected chi connectivity index (χ0v) is 17.7. The van der Waals surface area contributed by atoms with E-state index in [0.717, 1.165) is 12.5 Å². The third-order valence-corrected chi connectivity index (χ3v) is 5.01. The minimum absolute atomic E-state index is 0.103. The normalized spacial score (nSPS) is 17.5. The number of rotatable bonds is 5. The molecule has 1 aliphatic heterocycles. The van der Waals surface area contributed by atoms with Crippen LogP contribution in [0.1, 0.15) is 37.5 Å². The highest BCUT2D eigenvalue weighted by Crippen LogP contribution is 2.42. The number of carbonyl (C=O) groups is 2. The molecule has 0 saturated heterocycles. The fourth-order valence-electron chi connectivity index (χ4n) is 3.22. The second kappa shape index (κ2) is 9.33. The van der Waals surface area contributed by atoms with Gasteiger partial charge in [-0.15, -0.1) is 0 Å². The zero-order valence-electron chi connectivity index (χ0n) is 16.2. The first-order valence-corrected chi connectivity index (χ1v) is 10.1. The Morgan fingerprint density at radius 1 is 1.17 bits per heavy atom. The molecule has 0 aliphatic carbocycles. The molecule has 29 heavy (non-hydrogen) atoms. The van der Waals surface area contributed by atoms with Crippen LogP contribution in [0.25, 0.3) is 0 Å². The average molecular weight is 434 g/mol. The van der Waals surface area contributed by atoms with Crippen molar-refractivity contribution in [1.29, 1.82) is 0 Å². The first-order chi connectivity index (χ1) is 14.0. The Hall–Kier alpha value is -2.50. The number of esters is 1. The molecule has 0 aromatic heterocycles. The van der Waals surface area contributed by atoms with Crippen LogP contribution in [0.5, 0.6) is 0 Å². The highest BCUT2D eigenvalue weighted by atomic mass is 35.5. The molecule has 1 heterocycles. The number of anilines is 1. The Labute approximate surface area is 179 Å². The molecule has 0 radical (unpaired) electrons.